The molecular weight excluding hydrogens is 352 g/mol. The molecule has 2 amide bonds. The first kappa shape index (κ1) is 20.0. The van der Waals surface area contributed by atoms with Crippen LogP contribution < -0.4 is 5.32 Å². The molecule has 0 aliphatic carbocycles. The highest BCUT2D eigenvalue weighted by Gasteiger charge is 2.32. The van der Waals surface area contributed by atoms with Gasteiger partial charge in [-0.2, -0.15) is 0 Å². The number of amides is 2. The van der Waals surface area contributed by atoms with E-state index < -0.39 is 6.04 Å². The Bertz CT molecular complexity index is 767. The van der Waals surface area contributed by atoms with Crippen LogP contribution in [0.25, 0.3) is 0 Å². The van der Waals surface area contributed by atoms with Gasteiger partial charge in [-0.15, -0.1) is 0 Å². The lowest BCUT2D eigenvalue weighted by Crippen LogP contribution is -2.56. The summed E-state index contributed by atoms with van der Waals surface area (Å²) in [6.07, 6.45) is 5.61. The summed E-state index contributed by atoms with van der Waals surface area (Å²) in [5.74, 6) is -0.0759. The Hall–Kier alpha value is -2.73. The number of benzene rings is 1. The van der Waals surface area contributed by atoms with Crippen molar-refractivity contribution in [3.8, 4) is 0 Å². The van der Waals surface area contributed by atoms with Gasteiger partial charge in [-0.3, -0.25) is 19.5 Å². The summed E-state index contributed by atoms with van der Waals surface area (Å²) < 4.78 is 0. The molecule has 3 rings (SSSR count). The van der Waals surface area contributed by atoms with Crippen molar-refractivity contribution in [3.05, 3.63) is 66.0 Å². The fourth-order valence-electron chi connectivity index (χ4n) is 3.56. The standard InChI is InChI=1S/C22H28N4O2/c1-25(17-19-9-5-11-23-16-19)21(27)15-20-22(28)24-12-14-26(20)13-6-10-18-7-3-2-4-8-18/h2-5,7-9,11,16,20H,6,10,12-15,17H2,1H3,(H,24,28). The van der Waals surface area contributed by atoms with Crippen molar-refractivity contribution in [2.24, 2.45) is 0 Å². The molecule has 1 fully saturated rings. The van der Waals surface area contributed by atoms with Crippen LogP contribution in [0.3, 0.4) is 0 Å². The van der Waals surface area contributed by atoms with Gasteiger partial charge in [0.2, 0.25) is 11.8 Å². The Morgan fingerprint density at radius 2 is 2.00 bits per heavy atom. The van der Waals surface area contributed by atoms with Crippen LogP contribution in [0.1, 0.15) is 24.0 Å². The zero-order valence-electron chi connectivity index (χ0n) is 16.4. The third-order valence-corrected chi connectivity index (χ3v) is 5.13. The van der Waals surface area contributed by atoms with Crippen LogP contribution in [0.15, 0.2) is 54.9 Å². The summed E-state index contributed by atoms with van der Waals surface area (Å²) in [7, 11) is 1.77. The van der Waals surface area contributed by atoms with Crippen LogP contribution in [0.4, 0.5) is 0 Å². The van der Waals surface area contributed by atoms with Gasteiger partial charge >= 0.3 is 0 Å². The number of piperazine rings is 1. The molecule has 0 spiro atoms. The molecule has 1 unspecified atom stereocenters. The summed E-state index contributed by atoms with van der Waals surface area (Å²) in [4.78, 5) is 33.0. The maximum absolute atomic E-state index is 12.7. The molecule has 2 aromatic rings. The Morgan fingerprint density at radius 1 is 1.21 bits per heavy atom. The van der Waals surface area contributed by atoms with Gasteiger partial charge in [0, 0.05) is 39.1 Å². The molecule has 1 aromatic heterocycles. The molecule has 0 bridgehead atoms. The normalized spacial score (nSPS) is 17.2. The predicted molar refractivity (Wildman–Crippen MR) is 108 cm³/mol. The summed E-state index contributed by atoms with van der Waals surface area (Å²) in [6, 6.07) is 13.8. The van der Waals surface area contributed by atoms with Crippen LogP contribution in [-0.2, 0) is 22.6 Å². The maximum Gasteiger partial charge on any atom is 0.237 e. The monoisotopic (exact) mass is 380 g/mol. The molecule has 148 valence electrons. The highest BCUT2D eigenvalue weighted by atomic mass is 16.2. The molecule has 6 nitrogen and oxygen atoms in total. The van der Waals surface area contributed by atoms with Gasteiger partial charge in [0.05, 0.1) is 12.5 Å². The van der Waals surface area contributed by atoms with Gasteiger partial charge in [0.1, 0.15) is 0 Å². The van der Waals surface area contributed by atoms with Crippen molar-refractivity contribution in [2.45, 2.75) is 31.8 Å². The van der Waals surface area contributed by atoms with Crippen LogP contribution in [-0.4, -0.2) is 59.3 Å². The number of hydrogen-bond donors (Lipinski definition) is 1. The number of nitrogens with one attached hydrogen (secondary N) is 1. The fraction of sp³-hybridized carbons (Fsp3) is 0.409. The van der Waals surface area contributed by atoms with Crippen molar-refractivity contribution >= 4 is 11.8 Å². The van der Waals surface area contributed by atoms with Crippen molar-refractivity contribution in [1.29, 1.82) is 0 Å². The number of aromatic nitrogens is 1. The molecule has 0 radical (unpaired) electrons. The highest BCUT2D eigenvalue weighted by molar-refractivity contribution is 5.88. The second kappa shape index (κ2) is 9.99. The van der Waals surface area contributed by atoms with Crippen molar-refractivity contribution in [2.75, 3.05) is 26.7 Å². The SMILES string of the molecule is CN(Cc1cccnc1)C(=O)CC1C(=O)NCCN1CCCc1ccccc1. The first-order valence-electron chi connectivity index (χ1n) is 9.82. The third kappa shape index (κ3) is 5.63. The van der Waals surface area contributed by atoms with Crippen molar-refractivity contribution < 1.29 is 9.59 Å². The number of hydrogen-bond acceptors (Lipinski definition) is 4. The first-order chi connectivity index (χ1) is 13.6. The molecule has 0 saturated carbocycles. The first-order valence-corrected chi connectivity index (χ1v) is 9.82. The molecule has 6 heteroatoms. The maximum atomic E-state index is 12.7. The average Bonchev–Trinajstić information content (AvgIpc) is 2.72. The highest BCUT2D eigenvalue weighted by Crippen LogP contribution is 2.13. The smallest absolute Gasteiger partial charge is 0.237 e. The quantitative estimate of drug-likeness (QED) is 0.759. The number of aryl methyl sites for hydroxylation is 1. The van der Waals surface area contributed by atoms with E-state index in [1.165, 1.54) is 5.56 Å². The Balaban J connectivity index is 1.54. The molecule has 1 aliphatic rings. The summed E-state index contributed by atoms with van der Waals surface area (Å²) in [5.41, 5.74) is 2.28. The summed E-state index contributed by atoms with van der Waals surface area (Å²) >= 11 is 0. The van der Waals surface area contributed by atoms with E-state index in [9.17, 15) is 9.59 Å². The molecule has 1 atom stereocenters. The Morgan fingerprint density at radius 3 is 2.75 bits per heavy atom. The van der Waals surface area contributed by atoms with Gasteiger partial charge in [-0.05, 0) is 36.6 Å². The number of carbonyl (C=O) groups excluding carboxylic acids is 2. The minimum Gasteiger partial charge on any atom is -0.353 e. The lowest BCUT2D eigenvalue weighted by molar-refractivity contribution is -0.138. The van der Waals surface area contributed by atoms with Crippen LogP contribution in [0.5, 0.6) is 0 Å². The van der Waals surface area contributed by atoms with Crippen molar-refractivity contribution in [3.63, 3.8) is 0 Å². The number of rotatable bonds is 8. The van der Waals surface area contributed by atoms with E-state index in [0.717, 1.165) is 31.5 Å². The van der Waals surface area contributed by atoms with E-state index in [1.807, 2.05) is 30.3 Å². The zero-order chi connectivity index (χ0) is 19.8. The summed E-state index contributed by atoms with van der Waals surface area (Å²) in [6.45, 7) is 2.73. The van der Waals surface area contributed by atoms with Crippen LogP contribution in [0, 0.1) is 0 Å². The molecule has 28 heavy (non-hydrogen) atoms. The predicted octanol–water partition coefficient (Wildman–Crippen LogP) is 1.86. The van der Waals surface area contributed by atoms with Crippen LogP contribution >= 0.6 is 0 Å². The van der Waals surface area contributed by atoms with Gasteiger partial charge in [0.25, 0.3) is 0 Å². The minimum absolute atomic E-state index is 0.0287. The zero-order valence-corrected chi connectivity index (χ0v) is 16.4. The number of carbonyl (C=O) groups is 2. The van der Waals surface area contributed by atoms with Gasteiger partial charge in [-0.25, -0.2) is 0 Å². The minimum atomic E-state index is -0.395. The van der Waals surface area contributed by atoms with E-state index in [0.29, 0.717) is 13.1 Å². The fourth-order valence-corrected chi connectivity index (χ4v) is 3.56. The number of nitrogens with zero attached hydrogens (tertiary/aromatic N) is 3. The second-order valence-corrected chi connectivity index (χ2v) is 7.25. The average molecular weight is 380 g/mol. The molecule has 1 N–H and O–H groups in total. The van der Waals surface area contributed by atoms with E-state index in [-0.39, 0.29) is 18.2 Å². The van der Waals surface area contributed by atoms with Crippen LogP contribution in [0.2, 0.25) is 0 Å². The van der Waals surface area contributed by atoms with Gasteiger partial charge in [-0.1, -0.05) is 36.4 Å². The molecule has 1 aliphatic heterocycles. The molecule has 2 heterocycles. The van der Waals surface area contributed by atoms with E-state index in [1.54, 1.807) is 24.3 Å². The Kier molecular flexibility index (Phi) is 7.14. The molecule has 1 aromatic carbocycles. The number of pyridine rings is 1. The lowest BCUT2D eigenvalue weighted by Gasteiger charge is -2.35. The van der Waals surface area contributed by atoms with E-state index in [4.69, 9.17) is 0 Å². The van der Waals surface area contributed by atoms with E-state index in [2.05, 4.69) is 27.3 Å². The van der Waals surface area contributed by atoms with Crippen molar-refractivity contribution in [1.82, 2.24) is 20.1 Å². The van der Waals surface area contributed by atoms with Gasteiger partial charge in [0.15, 0.2) is 0 Å². The third-order valence-electron chi connectivity index (χ3n) is 5.13. The second-order valence-electron chi connectivity index (χ2n) is 7.25. The van der Waals surface area contributed by atoms with E-state index >= 15 is 0 Å². The largest absolute Gasteiger partial charge is 0.353 e. The topological polar surface area (TPSA) is 65.5 Å². The van der Waals surface area contributed by atoms with Gasteiger partial charge < -0.3 is 10.2 Å². The Labute approximate surface area is 166 Å². The molecular formula is C22H28N4O2. The summed E-state index contributed by atoms with van der Waals surface area (Å²) in [5, 5.41) is 2.90. The molecule has 1 saturated heterocycles. The lowest BCUT2D eigenvalue weighted by atomic mass is 10.1.